The Labute approximate surface area is 122 Å². The number of ether oxygens (including phenoxy) is 2. The van der Waals surface area contributed by atoms with Crippen LogP contribution in [0.15, 0.2) is 12.1 Å². The first kappa shape index (κ1) is 15.5. The van der Waals surface area contributed by atoms with Crippen molar-refractivity contribution < 1.29 is 9.47 Å². The Balaban J connectivity index is 2.20. The third kappa shape index (κ3) is 3.05. The first-order valence-corrected chi connectivity index (χ1v) is 7.44. The zero-order valence-electron chi connectivity index (χ0n) is 13.2. The van der Waals surface area contributed by atoms with Gasteiger partial charge in [0.2, 0.25) is 0 Å². The molecule has 3 nitrogen and oxygen atoms in total. The van der Waals surface area contributed by atoms with Crippen LogP contribution in [-0.2, 0) is 15.9 Å². The smallest absolute Gasteiger partial charge is 0.0875 e. The minimum atomic E-state index is -0.234. The fraction of sp³-hybridized carbons (Fsp3) is 0.647. The summed E-state index contributed by atoms with van der Waals surface area (Å²) >= 11 is 0. The van der Waals surface area contributed by atoms with Crippen LogP contribution in [0, 0.1) is 20.8 Å². The van der Waals surface area contributed by atoms with Crippen molar-refractivity contribution in [1.29, 1.82) is 0 Å². The van der Waals surface area contributed by atoms with E-state index < -0.39 is 0 Å². The molecule has 0 radical (unpaired) electrons. The Morgan fingerprint density at radius 3 is 2.25 bits per heavy atom. The standard InChI is InChI=1S/C17H27NO2/c1-12-9-13(2)15(14(3)10-12)11-16(18)17(19-4)5-7-20-8-6-17/h9-10,16H,5-8,11,18H2,1-4H3. The van der Waals surface area contributed by atoms with Crippen molar-refractivity contribution in [2.24, 2.45) is 5.73 Å². The van der Waals surface area contributed by atoms with Gasteiger partial charge in [0.05, 0.1) is 5.60 Å². The quantitative estimate of drug-likeness (QED) is 0.920. The Hall–Kier alpha value is -0.900. The predicted octanol–water partition coefficient (Wildman–Crippen LogP) is 2.68. The maximum absolute atomic E-state index is 6.52. The van der Waals surface area contributed by atoms with E-state index in [1.807, 2.05) is 0 Å². The molecular formula is C17H27NO2. The molecule has 0 aromatic heterocycles. The summed E-state index contributed by atoms with van der Waals surface area (Å²) in [4.78, 5) is 0. The van der Waals surface area contributed by atoms with Crippen molar-refractivity contribution in [3.8, 4) is 0 Å². The summed E-state index contributed by atoms with van der Waals surface area (Å²) in [5.41, 5.74) is 11.6. The fourth-order valence-corrected chi connectivity index (χ4v) is 3.38. The number of methoxy groups -OCH3 is 1. The van der Waals surface area contributed by atoms with Crippen molar-refractivity contribution in [3.05, 3.63) is 34.4 Å². The molecule has 20 heavy (non-hydrogen) atoms. The minimum Gasteiger partial charge on any atom is -0.381 e. The van der Waals surface area contributed by atoms with E-state index in [4.69, 9.17) is 15.2 Å². The van der Waals surface area contributed by atoms with E-state index in [0.29, 0.717) is 0 Å². The first-order chi connectivity index (χ1) is 9.48. The molecule has 1 aromatic carbocycles. The van der Waals surface area contributed by atoms with Crippen LogP contribution in [0.4, 0.5) is 0 Å². The molecule has 0 bridgehead atoms. The minimum absolute atomic E-state index is 0.0107. The highest BCUT2D eigenvalue weighted by Crippen LogP contribution is 2.30. The molecule has 2 rings (SSSR count). The van der Waals surface area contributed by atoms with Gasteiger partial charge in [0, 0.05) is 39.2 Å². The van der Waals surface area contributed by atoms with Gasteiger partial charge in [-0.3, -0.25) is 0 Å². The first-order valence-electron chi connectivity index (χ1n) is 7.44. The van der Waals surface area contributed by atoms with E-state index in [1.54, 1.807) is 7.11 Å². The van der Waals surface area contributed by atoms with E-state index in [2.05, 4.69) is 32.9 Å². The zero-order chi connectivity index (χ0) is 14.8. The fourth-order valence-electron chi connectivity index (χ4n) is 3.38. The van der Waals surface area contributed by atoms with E-state index >= 15 is 0 Å². The van der Waals surface area contributed by atoms with Crippen molar-refractivity contribution in [2.45, 2.75) is 51.7 Å². The molecular weight excluding hydrogens is 250 g/mol. The molecule has 1 aromatic rings. The SMILES string of the molecule is COC1(C(N)Cc2c(C)cc(C)cc2C)CCOCC1. The molecule has 1 atom stereocenters. The molecule has 0 aliphatic carbocycles. The summed E-state index contributed by atoms with van der Waals surface area (Å²) in [6.07, 6.45) is 2.63. The molecule has 112 valence electrons. The van der Waals surface area contributed by atoms with Gasteiger partial charge in [0.25, 0.3) is 0 Å². The second kappa shape index (κ2) is 6.25. The molecule has 1 saturated heterocycles. The molecule has 1 fully saturated rings. The van der Waals surface area contributed by atoms with Crippen molar-refractivity contribution in [3.63, 3.8) is 0 Å². The maximum Gasteiger partial charge on any atom is 0.0875 e. The number of benzene rings is 1. The van der Waals surface area contributed by atoms with Crippen molar-refractivity contribution in [2.75, 3.05) is 20.3 Å². The highest BCUT2D eigenvalue weighted by Gasteiger charge is 2.38. The Morgan fingerprint density at radius 1 is 1.20 bits per heavy atom. The normalized spacial score (nSPS) is 19.9. The van der Waals surface area contributed by atoms with Gasteiger partial charge in [-0.25, -0.2) is 0 Å². The summed E-state index contributed by atoms with van der Waals surface area (Å²) in [7, 11) is 1.78. The molecule has 3 heteroatoms. The van der Waals surface area contributed by atoms with Crippen LogP contribution in [0.3, 0.4) is 0 Å². The molecule has 1 heterocycles. The Bertz CT molecular complexity index is 441. The number of nitrogens with two attached hydrogens (primary N) is 1. The summed E-state index contributed by atoms with van der Waals surface area (Å²) in [5.74, 6) is 0. The summed E-state index contributed by atoms with van der Waals surface area (Å²) < 4.78 is 11.3. The lowest BCUT2D eigenvalue weighted by molar-refractivity contribution is -0.103. The lowest BCUT2D eigenvalue weighted by atomic mass is 9.81. The molecule has 1 aliphatic rings. The van der Waals surface area contributed by atoms with Gasteiger partial charge < -0.3 is 15.2 Å². The molecule has 1 unspecified atom stereocenters. The summed E-state index contributed by atoms with van der Waals surface area (Å²) in [6, 6.07) is 4.48. The van der Waals surface area contributed by atoms with E-state index in [0.717, 1.165) is 32.5 Å². The third-order valence-electron chi connectivity index (χ3n) is 4.69. The zero-order valence-corrected chi connectivity index (χ0v) is 13.2. The molecule has 0 spiro atoms. The van der Waals surface area contributed by atoms with Gasteiger partial charge in [-0.2, -0.15) is 0 Å². The lowest BCUT2D eigenvalue weighted by Crippen LogP contribution is -2.54. The summed E-state index contributed by atoms with van der Waals surface area (Å²) in [5, 5.41) is 0. The van der Waals surface area contributed by atoms with Gasteiger partial charge in [-0.15, -0.1) is 0 Å². The van der Waals surface area contributed by atoms with Crippen LogP contribution in [-0.4, -0.2) is 32.0 Å². The number of hydrogen-bond donors (Lipinski definition) is 1. The van der Waals surface area contributed by atoms with Gasteiger partial charge >= 0.3 is 0 Å². The van der Waals surface area contributed by atoms with E-state index in [9.17, 15) is 0 Å². The predicted molar refractivity (Wildman–Crippen MR) is 82.1 cm³/mol. The molecule has 0 amide bonds. The number of hydrogen-bond acceptors (Lipinski definition) is 3. The van der Waals surface area contributed by atoms with E-state index in [-0.39, 0.29) is 11.6 Å². The number of aryl methyl sites for hydroxylation is 3. The molecule has 2 N–H and O–H groups in total. The van der Waals surface area contributed by atoms with Crippen LogP contribution in [0.1, 0.15) is 35.1 Å². The summed E-state index contributed by atoms with van der Waals surface area (Å²) in [6.45, 7) is 7.97. The Morgan fingerprint density at radius 2 is 1.75 bits per heavy atom. The second-order valence-electron chi connectivity index (χ2n) is 6.07. The van der Waals surface area contributed by atoms with Crippen LogP contribution in [0.2, 0.25) is 0 Å². The van der Waals surface area contributed by atoms with Gasteiger partial charge in [0.15, 0.2) is 0 Å². The van der Waals surface area contributed by atoms with Gasteiger partial charge in [-0.05, 0) is 43.9 Å². The average Bonchev–Trinajstić information content (AvgIpc) is 2.43. The highest BCUT2D eigenvalue weighted by atomic mass is 16.5. The van der Waals surface area contributed by atoms with Crippen LogP contribution in [0.25, 0.3) is 0 Å². The second-order valence-corrected chi connectivity index (χ2v) is 6.07. The van der Waals surface area contributed by atoms with Gasteiger partial charge in [0.1, 0.15) is 0 Å². The third-order valence-corrected chi connectivity index (χ3v) is 4.69. The van der Waals surface area contributed by atoms with Crippen LogP contribution >= 0.6 is 0 Å². The van der Waals surface area contributed by atoms with Crippen molar-refractivity contribution >= 4 is 0 Å². The monoisotopic (exact) mass is 277 g/mol. The van der Waals surface area contributed by atoms with Crippen LogP contribution < -0.4 is 5.73 Å². The molecule has 0 saturated carbocycles. The maximum atomic E-state index is 6.52. The average molecular weight is 277 g/mol. The molecule has 1 aliphatic heterocycles. The van der Waals surface area contributed by atoms with E-state index in [1.165, 1.54) is 22.3 Å². The Kier molecular flexibility index (Phi) is 4.84. The largest absolute Gasteiger partial charge is 0.381 e. The number of rotatable bonds is 4. The van der Waals surface area contributed by atoms with Crippen LogP contribution in [0.5, 0.6) is 0 Å². The lowest BCUT2D eigenvalue weighted by Gasteiger charge is -2.41. The van der Waals surface area contributed by atoms with Gasteiger partial charge in [-0.1, -0.05) is 17.7 Å². The highest BCUT2D eigenvalue weighted by molar-refractivity contribution is 5.38. The topological polar surface area (TPSA) is 44.5 Å². The van der Waals surface area contributed by atoms with Crippen molar-refractivity contribution in [1.82, 2.24) is 0 Å².